The predicted octanol–water partition coefficient (Wildman–Crippen LogP) is 2.75. The number of nitrogens with zero attached hydrogens (tertiary/aromatic N) is 3. The zero-order valence-corrected chi connectivity index (χ0v) is 16.5. The molecule has 3 rings (SSSR count). The van der Waals surface area contributed by atoms with Gasteiger partial charge in [0.1, 0.15) is 0 Å². The Morgan fingerprint density at radius 3 is 2.42 bits per heavy atom. The van der Waals surface area contributed by atoms with Crippen molar-refractivity contribution in [1.29, 1.82) is 0 Å². The zero-order chi connectivity index (χ0) is 18.7. The van der Waals surface area contributed by atoms with Crippen LogP contribution in [0.15, 0.2) is 24.3 Å². The summed E-state index contributed by atoms with van der Waals surface area (Å²) in [5.41, 5.74) is 0.869. The predicted molar refractivity (Wildman–Crippen MR) is 103 cm³/mol. The van der Waals surface area contributed by atoms with Gasteiger partial charge in [0.05, 0.1) is 0 Å². The molecule has 0 unspecified atom stereocenters. The van der Waals surface area contributed by atoms with Gasteiger partial charge in [0.2, 0.25) is 5.91 Å². The van der Waals surface area contributed by atoms with E-state index >= 15 is 0 Å². The highest BCUT2D eigenvalue weighted by atomic mass is 35.5. The molecule has 1 aromatic carbocycles. The summed E-state index contributed by atoms with van der Waals surface area (Å²) in [6, 6.07) is 7.10. The Labute approximate surface area is 160 Å². The molecule has 0 bridgehead atoms. The first-order chi connectivity index (χ1) is 12.4. The van der Waals surface area contributed by atoms with Gasteiger partial charge >= 0.3 is 0 Å². The molecule has 1 spiro atoms. The van der Waals surface area contributed by atoms with Crippen molar-refractivity contribution >= 4 is 23.4 Å². The first kappa shape index (κ1) is 19.2. The molecular weight excluding hydrogens is 350 g/mol. The fourth-order valence-corrected chi connectivity index (χ4v) is 4.12. The van der Waals surface area contributed by atoms with Crippen molar-refractivity contribution in [3.63, 3.8) is 0 Å². The summed E-state index contributed by atoms with van der Waals surface area (Å²) in [4.78, 5) is 31.0. The van der Waals surface area contributed by atoms with Crippen LogP contribution in [0.1, 0.15) is 36.0 Å². The Morgan fingerprint density at radius 2 is 1.81 bits per heavy atom. The smallest absolute Gasteiger partial charge is 0.253 e. The summed E-state index contributed by atoms with van der Waals surface area (Å²) >= 11 is 5.91. The van der Waals surface area contributed by atoms with Crippen LogP contribution in [-0.4, -0.2) is 73.3 Å². The standard InChI is InChI=1S/C20H28ClN3O2/c1-22(2)13-14-24-15-20(8-7-18(24)25)9-11-23(12-10-20)19(26)16-3-5-17(21)6-4-16/h3-6H,7-15H2,1-2H3. The van der Waals surface area contributed by atoms with Crippen molar-refractivity contribution in [2.24, 2.45) is 5.41 Å². The molecule has 6 heteroatoms. The van der Waals surface area contributed by atoms with Gasteiger partial charge in [-0.2, -0.15) is 0 Å². The Kier molecular flexibility index (Phi) is 5.88. The van der Waals surface area contributed by atoms with Crippen LogP contribution in [-0.2, 0) is 4.79 Å². The Morgan fingerprint density at radius 1 is 1.15 bits per heavy atom. The van der Waals surface area contributed by atoms with Crippen molar-refractivity contribution in [2.45, 2.75) is 25.7 Å². The minimum absolute atomic E-state index is 0.0767. The normalized spacial score (nSPS) is 20.1. The lowest BCUT2D eigenvalue weighted by atomic mass is 9.72. The number of rotatable bonds is 4. The quantitative estimate of drug-likeness (QED) is 0.810. The van der Waals surface area contributed by atoms with E-state index in [1.54, 1.807) is 24.3 Å². The molecule has 1 aromatic rings. The second kappa shape index (κ2) is 7.97. The third kappa shape index (κ3) is 4.38. The molecule has 0 atom stereocenters. The molecule has 0 saturated carbocycles. The van der Waals surface area contributed by atoms with Gasteiger partial charge in [0.15, 0.2) is 0 Å². The number of piperidine rings is 2. The van der Waals surface area contributed by atoms with Crippen molar-refractivity contribution in [3.8, 4) is 0 Å². The summed E-state index contributed by atoms with van der Waals surface area (Å²) < 4.78 is 0. The molecule has 2 fully saturated rings. The van der Waals surface area contributed by atoms with Crippen LogP contribution in [0.3, 0.4) is 0 Å². The average Bonchev–Trinajstić information content (AvgIpc) is 2.63. The SMILES string of the molecule is CN(C)CCN1CC2(CCC1=O)CCN(C(=O)c1ccc(Cl)cc1)CC2. The third-order valence-electron chi connectivity index (χ3n) is 5.77. The van der Waals surface area contributed by atoms with Gasteiger partial charge in [0.25, 0.3) is 5.91 Å². The average molecular weight is 378 g/mol. The molecule has 142 valence electrons. The molecule has 2 heterocycles. The van der Waals surface area contributed by atoms with E-state index in [9.17, 15) is 9.59 Å². The van der Waals surface area contributed by atoms with Crippen molar-refractivity contribution in [2.75, 3.05) is 46.8 Å². The maximum Gasteiger partial charge on any atom is 0.253 e. The van der Waals surface area contributed by atoms with Crippen molar-refractivity contribution in [1.82, 2.24) is 14.7 Å². The summed E-state index contributed by atoms with van der Waals surface area (Å²) in [6.07, 6.45) is 3.53. The maximum absolute atomic E-state index is 12.7. The molecule has 2 amide bonds. The van der Waals surface area contributed by atoms with Gasteiger partial charge in [0, 0.05) is 49.7 Å². The van der Waals surface area contributed by atoms with E-state index in [2.05, 4.69) is 4.90 Å². The van der Waals surface area contributed by atoms with Gasteiger partial charge in [-0.25, -0.2) is 0 Å². The number of carbonyl (C=O) groups excluding carboxylic acids is 2. The number of amides is 2. The number of benzene rings is 1. The highest BCUT2D eigenvalue weighted by Crippen LogP contribution is 2.40. The number of hydrogen-bond acceptors (Lipinski definition) is 3. The van der Waals surface area contributed by atoms with Gasteiger partial charge in [-0.15, -0.1) is 0 Å². The monoisotopic (exact) mass is 377 g/mol. The van der Waals surface area contributed by atoms with E-state index in [0.717, 1.165) is 52.0 Å². The van der Waals surface area contributed by atoms with Crippen LogP contribution in [0.5, 0.6) is 0 Å². The highest BCUT2D eigenvalue weighted by Gasteiger charge is 2.41. The molecular formula is C20H28ClN3O2. The second-order valence-corrected chi connectivity index (χ2v) is 8.35. The highest BCUT2D eigenvalue weighted by molar-refractivity contribution is 6.30. The summed E-state index contributed by atoms with van der Waals surface area (Å²) in [7, 11) is 4.07. The summed E-state index contributed by atoms with van der Waals surface area (Å²) in [5.74, 6) is 0.352. The first-order valence-electron chi connectivity index (χ1n) is 9.36. The van der Waals surface area contributed by atoms with Crippen LogP contribution < -0.4 is 0 Å². The topological polar surface area (TPSA) is 43.9 Å². The fourth-order valence-electron chi connectivity index (χ4n) is 3.99. The number of likely N-dealkylation sites (tertiary alicyclic amines) is 2. The van der Waals surface area contributed by atoms with E-state index in [1.165, 1.54) is 0 Å². The summed E-state index contributed by atoms with van der Waals surface area (Å²) in [6.45, 7) is 4.04. The van der Waals surface area contributed by atoms with Gasteiger partial charge in [-0.1, -0.05) is 11.6 Å². The lowest BCUT2D eigenvalue weighted by Crippen LogP contribution is -2.53. The van der Waals surface area contributed by atoms with Gasteiger partial charge in [-0.05, 0) is 63.0 Å². The van der Waals surface area contributed by atoms with Crippen LogP contribution in [0.2, 0.25) is 5.02 Å². The number of hydrogen-bond donors (Lipinski definition) is 0. The second-order valence-electron chi connectivity index (χ2n) is 7.92. The Hall–Kier alpha value is -1.59. The molecule has 0 aliphatic carbocycles. The zero-order valence-electron chi connectivity index (χ0n) is 15.7. The maximum atomic E-state index is 12.7. The van der Waals surface area contributed by atoms with Gasteiger partial charge < -0.3 is 14.7 Å². The molecule has 26 heavy (non-hydrogen) atoms. The van der Waals surface area contributed by atoms with E-state index in [-0.39, 0.29) is 17.2 Å². The molecule has 0 aromatic heterocycles. The van der Waals surface area contributed by atoms with E-state index in [0.29, 0.717) is 17.0 Å². The van der Waals surface area contributed by atoms with E-state index in [4.69, 9.17) is 11.6 Å². The van der Waals surface area contributed by atoms with Crippen LogP contribution in [0.4, 0.5) is 0 Å². The van der Waals surface area contributed by atoms with E-state index in [1.807, 2.05) is 23.9 Å². The lowest BCUT2D eigenvalue weighted by Gasteiger charge is -2.47. The molecule has 2 saturated heterocycles. The third-order valence-corrected chi connectivity index (χ3v) is 6.02. The van der Waals surface area contributed by atoms with Crippen LogP contribution in [0, 0.1) is 5.41 Å². The minimum Gasteiger partial charge on any atom is -0.341 e. The van der Waals surface area contributed by atoms with Gasteiger partial charge in [-0.3, -0.25) is 9.59 Å². The number of halogens is 1. The number of carbonyl (C=O) groups is 2. The first-order valence-corrected chi connectivity index (χ1v) is 9.74. The molecule has 0 radical (unpaired) electrons. The van der Waals surface area contributed by atoms with E-state index < -0.39 is 0 Å². The lowest BCUT2D eigenvalue weighted by molar-refractivity contribution is -0.139. The molecule has 2 aliphatic heterocycles. The minimum atomic E-state index is 0.0767. The number of likely N-dealkylation sites (N-methyl/N-ethyl adjacent to an activating group) is 1. The van der Waals surface area contributed by atoms with Crippen molar-refractivity contribution < 1.29 is 9.59 Å². The molecule has 0 N–H and O–H groups in total. The van der Waals surface area contributed by atoms with Crippen molar-refractivity contribution in [3.05, 3.63) is 34.9 Å². The summed E-state index contributed by atoms with van der Waals surface area (Å²) in [5, 5.41) is 0.642. The molecule has 5 nitrogen and oxygen atoms in total. The largest absolute Gasteiger partial charge is 0.341 e. The Bertz CT molecular complexity index is 652. The van der Waals surface area contributed by atoms with Crippen LogP contribution in [0.25, 0.3) is 0 Å². The van der Waals surface area contributed by atoms with Crippen LogP contribution >= 0.6 is 11.6 Å². The molecule has 2 aliphatic rings. The Balaban J connectivity index is 1.59. The fraction of sp³-hybridized carbons (Fsp3) is 0.600.